The predicted octanol–water partition coefficient (Wildman–Crippen LogP) is 1.56. The van der Waals surface area contributed by atoms with Crippen LogP contribution in [0.25, 0.3) is 0 Å². The first-order valence-corrected chi connectivity index (χ1v) is 13.5. The minimum atomic E-state index is -3.85. The number of benzene rings is 2. The molecule has 2 amide bonds. The van der Waals surface area contributed by atoms with Gasteiger partial charge in [-0.15, -0.1) is 0 Å². The molecule has 0 saturated carbocycles. The first-order chi connectivity index (χ1) is 17.3. The van der Waals surface area contributed by atoms with Crippen molar-refractivity contribution in [3.8, 4) is 0 Å². The van der Waals surface area contributed by atoms with Crippen LogP contribution < -0.4 is 16.0 Å². The first-order valence-electron chi connectivity index (χ1n) is 12.0. The molecular weight excluding hydrogens is 484 g/mol. The van der Waals surface area contributed by atoms with Crippen molar-refractivity contribution in [1.82, 2.24) is 4.31 Å². The lowest BCUT2D eigenvalue weighted by molar-refractivity contribution is -0.122. The first kappa shape index (κ1) is 26.1. The van der Waals surface area contributed by atoms with E-state index in [2.05, 4.69) is 5.32 Å². The Morgan fingerprint density at radius 1 is 1.03 bits per heavy atom. The Bertz CT molecular complexity index is 1160. The van der Waals surface area contributed by atoms with Crippen LogP contribution >= 0.6 is 0 Å². The van der Waals surface area contributed by atoms with Crippen molar-refractivity contribution in [2.75, 3.05) is 56.2 Å². The maximum atomic E-state index is 13.6. The summed E-state index contributed by atoms with van der Waals surface area (Å²) >= 11 is 0. The molecule has 0 aliphatic carbocycles. The van der Waals surface area contributed by atoms with E-state index in [1.807, 2.05) is 35.2 Å². The molecule has 10 nitrogen and oxygen atoms in total. The molecule has 3 N–H and O–H groups in total. The molecule has 2 aliphatic heterocycles. The summed E-state index contributed by atoms with van der Waals surface area (Å²) in [4.78, 5) is 26.1. The minimum Gasteiger partial charge on any atom is -0.379 e. The highest BCUT2D eigenvalue weighted by molar-refractivity contribution is 7.89. The van der Waals surface area contributed by atoms with Gasteiger partial charge in [-0.1, -0.05) is 30.3 Å². The third-order valence-corrected chi connectivity index (χ3v) is 8.34. The second-order valence-electron chi connectivity index (χ2n) is 8.89. The van der Waals surface area contributed by atoms with E-state index >= 15 is 0 Å². The molecule has 2 aromatic carbocycles. The van der Waals surface area contributed by atoms with Crippen molar-refractivity contribution in [2.24, 2.45) is 11.7 Å². The van der Waals surface area contributed by atoms with Crippen LogP contribution in [-0.2, 0) is 35.7 Å². The topological polar surface area (TPSA) is 131 Å². The van der Waals surface area contributed by atoms with Gasteiger partial charge in [0, 0.05) is 37.8 Å². The summed E-state index contributed by atoms with van der Waals surface area (Å²) in [7, 11) is -3.85. The molecule has 2 heterocycles. The van der Waals surface area contributed by atoms with Crippen LogP contribution in [0, 0.1) is 5.92 Å². The normalized spacial score (nSPS) is 17.6. The summed E-state index contributed by atoms with van der Waals surface area (Å²) in [5.74, 6) is -0.922. The summed E-state index contributed by atoms with van der Waals surface area (Å²) in [6.45, 7) is 2.33. The lowest BCUT2D eigenvalue weighted by Gasteiger charge is -2.35. The summed E-state index contributed by atoms with van der Waals surface area (Å²) < 4.78 is 39.5. The SMILES string of the molecule is NC(=O)C1CCN(c2ccc(NC(=O)COCc3ccccc3)cc2S(=O)(=O)N2CCOCC2)CC1. The molecule has 0 radical (unpaired) electrons. The number of ether oxygens (including phenoxy) is 2. The summed E-state index contributed by atoms with van der Waals surface area (Å²) in [6, 6.07) is 14.4. The summed E-state index contributed by atoms with van der Waals surface area (Å²) in [5.41, 5.74) is 7.32. The maximum Gasteiger partial charge on any atom is 0.250 e. The molecular formula is C25H32N4O6S. The van der Waals surface area contributed by atoms with Gasteiger partial charge in [-0.2, -0.15) is 4.31 Å². The number of hydrogen-bond acceptors (Lipinski definition) is 7. The Kier molecular flexibility index (Phi) is 8.57. The number of rotatable bonds is 9. The molecule has 0 unspecified atom stereocenters. The van der Waals surface area contributed by atoms with Gasteiger partial charge >= 0.3 is 0 Å². The molecule has 11 heteroatoms. The average Bonchev–Trinajstić information content (AvgIpc) is 2.90. The van der Waals surface area contributed by atoms with Crippen LogP contribution in [0.1, 0.15) is 18.4 Å². The smallest absolute Gasteiger partial charge is 0.250 e. The second-order valence-corrected chi connectivity index (χ2v) is 10.8. The molecule has 2 aliphatic rings. The highest BCUT2D eigenvalue weighted by Gasteiger charge is 2.32. The summed E-state index contributed by atoms with van der Waals surface area (Å²) in [6.07, 6.45) is 1.12. The van der Waals surface area contributed by atoms with Crippen molar-refractivity contribution < 1.29 is 27.5 Å². The van der Waals surface area contributed by atoms with Crippen molar-refractivity contribution >= 4 is 33.2 Å². The van der Waals surface area contributed by atoms with Gasteiger partial charge in [-0.3, -0.25) is 9.59 Å². The number of carbonyl (C=O) groups excluding carboxylic acids is 2. The van der Waals surface area contributed by atoms with E-state index in [0.717, 1.165) is 5.56 Å². The average molecular weight is 517 g/mol. The van der Waals surface area contributed by atoms with Gasteiger partial charge in [0.25, 0.3) is 0 Å². The molecule has 4 rings (SSSR count). The van der Waals surface area contributed by atoms with Gasteiger partial charge in [-0.05, 0) is 36.6 Å². The number of carbonyl (C=O) groups is 2. The fraction of sp³-hybridized carbons (Fsp3) is 0.440. The van der Waals surface area contributed by atoms with Crippen LogP contribution in [-0.4, -0.2) is 70.5 Å². The van der Waals surface area contributed by atoms with Gasteiger partial charge in [0.1, 0.15) is 11.5 Å². The lowest BCUT2D eigenvalue weighted by Crippen LogP contribution is -2.42. The molecule has 2 aromatic rings. The number of hydrogen-bond donors (Lipinski definition) is 2. The zero-order valence-corrected chi connectivity index (χ0v) is 20.9. The molecule has 0 spiro atoms. The molecule has 194 valence electrons. The number of nitrogens with zero attached hydrogens (tertiary/aromatic N) is 2. The highest BCUT2D eigenvalue weighted by atomic mass is 32.2. The number of amides is 2. The van der Waals surface area contributed by atoms with Crippen LogP contribution in [0.15, 0.2) is 53.4 Å². The Labute approximate surface area is 211 Å². The van der Waals surface area contributed by atoms with Crippen molar-refractivity contribution in [2.45, 2.75) is 24.3 Å². The predicted molar refractivity (Wildman–Crippen MR) is 135 cm³/mol. The standard InChI is InChI=1S/C25H32N4O6S/c26-25(31)20-8-10-28(11-9-20)22-7-6-21(16-23(22)36(32,33)29-12-14-34-15-13-29)27-24(30)18-35-17-19-4-2-1-3-5-19/h1-7,16,20H,8-15,17-18H2,(H2,26,31)(H,27,30). The molecule has 0 bridgehead atoms. The highest BCUT2D eigenvalue weighted by Crippen LogP contribution is 2.33. The van der Waals surface area contributed by atoms with Crippen LogP contribution in [0.3, 0.4) is 0 Å². The van der Waals surface area contributed by atoms with Crippen molar-refractivity contribution in [1.29, 1.82) is 0 Å². The zero-order chi connectivity index (χ0) is 25.5. The molecule has 2 fully saturated rings. The molecule has 0 aromatic heterocycles. The van der Waals surface area contributed by atoms with Gasteiger partial charge in [0.05, 0.1) is 25.5 Å². The van der Waals surface area contributed by atoms with Crippen molar-refractivity contribution in [3.63, 3.8) is 0 Å². The number of anilines is 2. The molecule has 0 atom stereocenters. The third kappa shape index (κ3) is 6.41. The maximum absolute atomic E-state index is 13.6. The number of sulfonamides is 1. The quantitative estimate of drug-likeness (QED) is 0.517. The Hall–Kier alpha value is -2.99. The third-order valence-electron chi connectivity index (χ3n) is 6.41. The van der Waals surface area contributed by atoms with E-state index in [-0.39, 0.29) is 42.3 Å². The van der Waals surface area contributed by atoms with E-state index in [1.54, 1.807) is 12.1 Å². The number of primary amides is 1. The summed E-state index contributed by atoms with van der Waals surface area (Å²) in [5, 5.41) is 2.74. The Morgan fingerprint density at radius 3 is 2.39 bits per heavy atom. The van der Waals surface area contributed by atoms with E-state index in [4.69, 9.17) is 15.2 Å². The number of nitrogens with two attached hydrogens (primary N) is 1. The number of morpholine rings is 1. The van der Waals surface area contributed by atoms with Gasteiger partial charge in [0.15, 0.2) is 0 Å². The van der Waals surface area contributed by atoms with Gasteiger partial charge in [0.2, 0.25) is 21.8 Å². The fourth-order valence-corrected chi connectivity index (χ4v) is 6.07. The van der Waals surface area contributed by atoms with Crippen molar-refractivity contribution in [3.05, 3.63) is 54.1 Å². The Balaban J connectivity index is 1.51. The molecule has 2 saturated heterocycles. The minimum absolute atomic E-state index is 0.116. The lowest BCUT2D eigenvalue weighted by atomic mass is 9.96. The van der Waals surface area contributed by atoms with Gasteiger partial charge in [-0.25, -0.2) is 8.42 Å². The van der Waals surface area contributed by atoms with Crippen LogP contribution in [0.5, 0.6) is 0 Å². The number of piperidine rings is 1. The van der Waals surface area contributed by atoms with E-state index in [9.17, 15) is 18.0 Å². The van der Waals surface area contributed by atoms with E-state index < -0.39 is 10.0 Å². The van der Waals surface area contributed by atoms with Crippen LogP contribution in [0.2, 0.25) is 0 Å². The molecule has 36 heavy (non-hydrogen) atoms. The Morgan fingerprint density at radius 2 is 1.72 bits per heavy atom. The second kappa shape index (κ2) is 11.8. The van der Waals surface area contributed by atoms with Crippen LogP contribution in [0.4, 0.5) is 11.4 Å². The number of nitrogens with one attached hydrogen (secondary N) is 1. The largest absolute Gasteiger partial charge is 0.379 e. The zero-order valence-electron chi connectivity index (χ0n) is 20.1. The van der Waals surface area contributed by atoms with Gasteiger partial charge < -0.3 is 25.4 Å². The fourth-order valence-electron chi connectivity index (χ4n) is 4.42. The van der Waals surface area contributed by atoms with E-state index in [0.29, 0.717) is 57.1 Å². The monoisotopic (exact) mass is 516 g/mol. The van der Waals surface area contributed by atoms with E-state index in [1.165, 1.54) is 10.4 Å².